The van der Waals surface area contributed by atoms with E-state index in [9.17, 15) is 27.6 Å². The van der Waals surface area contributed by atoms with Crippen LogP contribution in [0.15, 0.2) is 107 Å². The average Bonchev–Trinajstić information content (AvgIpc) is 4.36. The molecule has 7 heterocycles. The molecule has 0 saturated heterocycles. The van der Waals surface area contributed by atoms with Crippen LogP contribution in [0.1, 0.15) is 78.8 Å². The summed E-state index contributed by atoms with van der Waals surface area (Å²) in [6.45, 7) is 8.72. The molecule has 3 aromatic carbocycles. The molecule has 8 aromatic rings. The molecule has 4 amide bonds. The summed E-state index contributed by atoms with van der Waals surface area (Å²) in [6.07, 6.45) is 13.7. The van der Waals surface area contributed by atoms with Gasteiger partial charge in [0.15, 0.2) is 21.4 Å². The fourth-order valence-electron chi connectivity index (χ4n) is 9.56. The molecule has 0 unspecified atom stereocenters. The highest BCUT2D eigenvalue weighted by Gasteiger charge is 2.28. The van der Waals surface area contributed by atoms with Crippen LogP contribution >= 0.6 is 0 Å². The molecule has 5 aromatic heterocycles. The number of aromatic nitrogens is 9. The second-order valence-corrected chi connectivity index (χ2v) is 21.3. The molecule has 0 atom stereocenters. The van der Waals surface area contributed by atoms with Crippen molar-refractivity contribution < 1.29 is 37.8 Å². The number of nitrogens with one attached hydrogen (secondary N) is 1. The van der Waals surface area contributed by atoms with Gasteiger partial charge in [-0.25, -0.2) is 12.8 Å². The van der Waals surface area contributed by atoms with E-state index in [-0.39, 0.29) is 65.5 Å². The van der Waals surface area contributed by atoms with Crippen molar-refractivity contribution in [2.45, 2.75) is 64.4 Å². The molecule has 0 radical (unpaired) electrons. The first-order chi connectivity index (χ1) is 37.3. The summed E-state index contributed by atoms with van der Waals surface area (Å²) in [5.74, 6) is -0.835. The van der Waals surface area contributed by atoms with Gasteiger partial charge >= 0.3 is 0 Å². The van der Waals surface area contributed by atoms with Crippen LogP contribution in [0.4, 0.5) is 4.39 Å². The van der Waals surface area contributed by atoms with Gasteiger partial charge in [0.1, 0.15) is 11.3 Å². The molecule has 22 heteroatoms. The van der Waals surface area contributed by atoms with Gasteiger partial charge in [-0.2, -0.15) is 5.10 Å². The molecule has 78 heavy (non-hydrogen) atoms. The number of nitrogens with zero attached hydrogens (tertiary/aromatic N) is 12. The minimum atomic E-state index is -3.62. The van der Waals surface area contributed by atoms with E-state index < -0.39 is 15.7 Å². The standard InChI is InChI=1S/C28H29FN6O4S.C26H29N7O3.C2H6.H2/c1-33(2)28(37)23-16-22-21(19-8-4-5-9-24(19)40(3,38)39)15-20(26(29)27(22)31-23)18-7-6-12-34(17-18)25(36)10-13-35-14-11-30-32-35;1-17-12-22(31(4)28-17)21-14-19(13-20-15-23(36-25(20)21)26(35)30(2)3)18-6-5-9-32(16-18)24(34)7-10-33-11-8-27-29-33;1-2;/h4-5,7-9,11,14-16,31H,6,10,12-13,17H2,1-3H3;6,8,11-15H,5,7,9-10,16H2,1-4H3;1-2H3;1H. The topological polar surface area (TPSA) is 224 Å². The highest BCUT2D eigenvalue weighted by Crippen LogP contribution is 2.40. The van der Waals surface area contributed by atoms with E-state index in [2.05, 4.69) is 42.8 Å². The molecule has 2 aliphatic rings. The zero-order valence-corrected chi connectivity index (χ0v) is 46.1. The number of hydrogen-bond donors (Lipinski definition) is 1. The van der Waals surface area contributed by atoms with Gasteiger partial charge in [-0.05, 0) is 84.5 Å². The van der Waals surface area contributed by atoms with Crippen molar-refractivity contribution in [3.8, 4) is 22.4 Å². The Balaban J connectivity index is 0.000000220. The van der Waals surface area contributed by atoms with Crippen LogP contribution in [0.25, 0.3) is 55.4 Å². The molecule has 2 aliphatic heterocycles. The Hall–Kier alpha value is -8.53. The van der Waals surface area contributed by atoms with Crippen molar-refractivity contribution in [2.24, 2.45) is 7.05 Å². The fraction of sp³-hybridized carbons (Fsp3) is 0.339. The highest BCUT2D eigenvalue weighted by atomic mass is 32.2. The third kappa shape index (κ3) is 12.2. The van der Waals surface area contributed by atoms with Crippen molar-refractivity contribution in [3.05, 3.63) is 132 Å². The van der Waals surface area contributed by atoms with E-state index in [0.717, 1.165) is 46.2 Å². The lowest BCUT2D eigenvalue weighted by Crippen LogP contribution is -2.36. The molecular formula is C56H66FN13O7S. The largest absolute Gasteiger partial charge is 0.450 e. The van der Waals surface area contributed by atoms with E-state index >= 15 is 4.39 Å². The summed E-state index contributed by atoms with van der Waals surface area (Å²) >= 11 is 0. The van der Waals surface area contributed by atoms with Crippen LogP contribution < -0.4 is 0 Å². The lowest BCUT2D eigenvalue weighted by Gasteiger charge is -2.28. The van der Waals surface area contributed by atoms with Gasteiger partial charge in [0.2, 0.25) is 11.8 Å². The summed E-state index contributed by atoms with van der Waals surface area (Å²) in [6, 6.07) is 17.6. The summed E-state index contributed by atoms with van der Waals surface area (Å²) in [5.41, 5.74) is 7.34. The van der Waals surface area contributed by atoms with Crippen LogP contribution in [-0.4, -0.2) is 157 Å². The fourth-order valence-corrected chi connectivity index (χ4v) is 10.5. The zero-order valence-electron chi connectivity index (χ0n) is 45.3. The second-order valence-electron chi connectivity index (χ2n) is 19.3. The Labute approximate surface area is 453 Å². The Kier molecular flexibility index (Phi) is 17.0. The predicted octanol–water partition coefficient (Wildman–Crippen LogP) is 7.79. The van der Waals surface area contributed by atoms with Crippen molar-refractivity contribution in [1.82, 2.24) is 64.4 Å². The van der Waals surface area contributed by atoms with Crippen molar-refractivity contribution in [3.63, 3.8) is 0 Å². The van der Waals surface area contributed by atoms with Gasteiger partial charge in [0.25, 0.3) is 11.8 Å². The lowest BCUT2D eigenvalue weighted by atomic mass is 9.93. The first-order valence-corrected chi connectivity index (χ1v) is 27.5. The first-order valence-electron chi connectivity index (χ1n) is 25.6. The first kappa shape index (κ1) is 55.7. The van der Waals surface area contributed by atoms with Gasteiger partial charge in [-0.15, -0.1) is 10.2 Å². The van der Waals surface area contributed by atoms with E-state index in [4.69, 9.17) is 4.42 Å². The zero-order chi connectivity index (χ0) is 56.0. The summed E-state index contributed by atoms with van der Waals surface area (Å²) in [5, 5.41) is 21.1. The van der Waals surface area contributed by atoms with Crippen molar-refractivity contribution in [2.75, 3.05) is 60.6 Å². The SMILES string of the molecule is CC.CN(C)C(=O)c1cc2c(-c3ccccc3S(C)(=O)=O)cc(C3=CCCN(C(=O)CCn4ccnn4)C3)c(F)c2[nH]1.Cc1cc(-c2cc(C3=CCCN(C(=O)CCn4ccnn4)C3)cc3cc(C(=O)N(C)C)oc23)n(C)n1.[HH]. The molecule has 1 N–H and O–H groups in total. The minimum absolute atomic E-state index is 0. The van der Waals surface area contributed by atoms with Crippen LogP contribution in [0.2, 0.25) is 0 Å². The van der Waals surface area contributed by atoms with Gasteiger partial charge in [-0.1, -0.05) is 54.6 Å². The van der Waals surface area contributed by atoms with Crippen LogP contribution in [0.5, 0.6) is 0 Å². The number of aromatic amines is 1. The predicted molar refractivity (Wildman–Crippen MR) is 297 cm³/mol. The molecule has 0 saturated carbocycles. The molecule has 410 valence electrons. The minimum Gasteiger partial charge on any atom is -0.450 e. The van der Waals surface area contributed by atoms with Crippen molar-refractivity contribution in [1.29, 1.82) is 0 Å². The van der Waals surface area contributed by atoms with Gasteiger partial charge < -0.3 is 29.0 Å². The number of halogens is 1. The lowest BCUT2D eigenvalue weighted by molar-refractivity contribution is -0.131. The molecule has 20 nitrogen and oxygen atoms in total. The number of furan rings is 1. The smallest absolute Gasteiger partial charge is 0.289 e. The number of carbonyl (C=O) groups is 4. The van der Waals surface area contributed by atoms with E-state index in [1.165, 1.54) is 15.9 Å². The van der Waals surface area contributed by atoms with Crippen LogP contribution in [-0.2, 0) is 39.6 Å². The molecule has 0 aliphatic carbocycles. The Morgan fingerprint density at radius 1 is 0.756 bits per heavy atom. The third-order valence-corrected chi connectivity index (χ3v) is 14.5. The Morgan fingerprint density at radius 2 is 1.36 bits per heavy atom. The molecule has 0 spiro atoms. The average molecular weight is 1080 g/mol. The van der Waals surface area contributed by atoms with E-state index in [1.807, 2.05) is 55.6 Å². The monoisotopic (exact) mass is 1080 g/mol. The van der Waals surface area contributed by atoms with E-state index in [1.54, 1.807) is 104 Å². The Bertz CT molecular complexity index is 3690. The maximum atomic E-state index is 16.2. The van der Waals surface area contributed by atoms with E-state index in [0.29, 0.717) is 73.2 Å². The number of hydrogen-bond acceptors (Lipinski definition) is 12. The molecule has 0 bridgehead atoms. The number of rotatable bonds is 13. The van der Waals surface area contributed by atoms with Gasteiger partial charge in [0, 0.05) is 122 Å². The molecule has 10 rings (SSSR count). The second kappa shape index (κ2) is 23.8. The maximum Gasteiger partial charge on any atom is 0.289 e. The normalized spacial score (nSPS) is 13.6. The highest BCUT2D eigenvalue weighted by molar-refractivity contribution is 7.90. The number of aryl methyl sites for hydroxylation is 4. The van der Waals surface area contributed by atoms with Crippen molar-refractivity contribution >= 4 is 66.5 Å². The number of carbonyl (C=O) groups excluding carboxylic acids is 4. The van der Waals surface area contributed by atoms with Crippen LogP contribution in [0.3, 0.4) is 0 Å². The quantitative estimate of drug-likeness (QED) is 0.117. The summed E-state index contributed by atoms with van der Waals surface area (Å²) in [4.78, 5) is 60.8. The summed E-state index contributed by atoms with van der Waals surface area (Å²) < 4.78 is 52.7. The third-order valence-electron chi connectivity index (χ3n) is 13.4. The Morgan fingerprint density at radius 3 is 1.92 bits per heavy atom. The molecule has 0 fully saturated rings. The maximum absolute atomic E-state index is 16.2. The van der Waals surface area contributed by atoms with Crippen LogP contribution in [0, 0.1) is 12.7 Å². The number of sulfone groups is 1. The number of amides is 4. The number of H-pyrrole nitrogens is 1. The summed E-state index contributed by atoms with van der Waals surface area (Å²) in [7, 11) is 4.86. The molecular weight excluding hydrogens is 1020 g/mol. The number of benzene rings is 3. The van der Waals surface area contributed by atoms with Gasteiger partial charge in [-0.3, -0.25) is 33.2 Å². The number of fused-ring (bicyclic) bond motifs is 2. The van der Waals surface area contributed by atoms with Gasteiger partial charge in [0.05, 0.1) is 47.3 Å².